The third-order valence-corrected chi connectivity index (χ3v) is 4.25. The lowest BCUT2D eigenvalue weighted by Gasteiger charge is -2.14. The molecule has 0 saturated heterocycles. The topological polar surface area (TPSA) is 68.0 Å². The van der Waals surface area contributed by atoms with E-state index in [1.165, 1.54) is 0 Å². The minimum Gasteiger partial charge on any atom is -0.467 e. The minimum atomic E-state index is -0.228. The third kappa shape index (κ3) is 3.07. The van der Waals surface area contributed by atoms with Gasteiger partial charge in [-0.1, -0.05) is 18.2 Å². The highest BCUT2D eigenvalue weighted by Crippen LogP contribution is 2.25. The molecule has 0 aliphatic rings. The van der Waals surface area contributed by atoms with Crippen molar-refractivity contribution in [2.45, 2.75) is 13.0 Å². The van der Waals surface area contributed by atoms with Gasteiger partial charge in [0.05, 0.1) is 29.1 Å². The number of para-hydroxylation sites is 1. The summed E-state index contributed by atoms with van der Waals surface area (Å²) in [4.78, 5) is 21.7. The van der Waals surface area contributed by atoms with Crippen LogP contribution in [0.2, 0.25) is 0 Å². The van der Waals surface area contributed by atoms with E-state index in [0.29, 0.717) is 11.3 Å². The summed E-state index contributed by atoms with van der Waals surface area (Å²) in [6.45, 7) is 1.89. The second kappa shape index (κ2) is 6.80. The van der Waals surface area contributed by atoms with Gasteiger partial charge in [0.1, 0.15) is 5.76 Å². The summed E-state index contributed by atoms with van der Waals surface area (Å²) in [5, 5.41) is 3.81. The number of rotatable bonds is 4. The van der Waals surface area contributed by atoms with Crippen molar-refractivity contribution >= 4 is 16.8 Å². The van der Waals surface area contributed by atoms with E-state index in [9.17, 15) is 4.79 Å². The molecular formula is C21H17N3O2. The molecule has 0 aliphatic heterocycles. The Morgan fingerprint density at radius 3 is 2.65 bits per heavy atom. The molecule has 4 rings (SSSR count). The first-order valence-electron chi connectivity index (χ1n) is 8.37. The number of hydrogen-bond donors (Lipinski definition) is 1. The van der Waals surface area contributed by atoms with Gasteiger partial charge in [0, 0.05) is 23.3 Å². The number of amides is 1. The number of nitrogens with zero attached hydrogens (tertiary/aromatic N) is 2. The molecule has 1 atom stereocenters. The van der Waals surface area contributed by atoms with Gasteiger partial charge in [0.2, 0.25) is 0 Å². The highest BCUT2D eigenvalue weighted by molar-refractivity contribution is 6.07. The van der Waals surface area contributed by atoms with E-state index in [0.717, 1.165) is 22.2 Å². The molecule has 1 amide bonds. The van der Waals surface area contributed by atoms with Crippen LogP contribution in [0.1, 0.15) is 29.1 Å². The summed E-state index contributed by atoms with van der Waals surface area (Å²) in [5.74, 6) is 0.550. The van der Waals surface area contributed by atoms with Crippen molar-refractivity contribution in [1.29, 1.82) is 0 Å². The fourth-order valence-corrected chi connectivity index (χ4v) is 2.92. The molecule has 0 aliphatic carbocycles. The molecular weight excluding hydrogens is 326 g/mol. The Hall–Kier alpha value is -3.47. The maximum atomic E-state index is 13.0. The van der Waals surface area contributed by atoms with Crippen molar-refractivity contribution in [2.24, 2.45) is 0 Å². The van der Waals surface area contributed by atoms with Crippen LogP contribution < -0.4 is 5.32 Å². The molecule has 5 nitrogen and oxygen atoms in total. The number of fused-ring (bicyclic) bond motifs is 1. The quantitative estimate of drug-likeness (QED) is 0.597. The summed E-state index contributed by atoms with van der Waals surface area (Å²) in [7, 11) is 0. The van der Waals surface area contributed by atoms with Crippen LogP contribution in [0.25, 0.3) is 22.2 Å². The zero-order chi connectivity index (χ0) is 17.9. The van der Waals surface area contributed by atoms with E-state index >= 15 is 0 Å². The zero-order valence-electron chi connectivity index (χ0n) is 14.2. The van der Waals surface area contributed by atoms with Crippen molar-refractivity contribution in [3.8, 4) is 11.3 Å². The highest BCUT2D eigenvalue weighted by atomic mass is 16.3. The van der Waals surface area contributed by atoms with E-state index < -0.39 is 0 Å². The van der Waals surface area contributed by atoms with Crippen LogP contribution in [0.4, 0.5) is 0 Å². The molecule has 1 unspecified atom stereocenters. The number of hydrogen-bond acceptors (Lipinski definition) is 4. The Morgan fingerprint density at radius 2 is 1.88 bits per heavy atom. The van der Waals surface area contributed by atoms with Crippen LogP contribution in [0.5, 0.6) is 0 Å². The van der Waals surface area contributed by atoms with Crippen molar-refractivity contribution in [3.63, 3.8) is 0 Å². The lowest BCUT2D eigenvalue weighted by atomic mass is 10.0. The lowest BCUT2D eigenvalue weighted by molar-refractivity contribution is 0.0937. The van der Waals surface area contributed by atoms with Crippen LogP contribution in [-0.4, -0.2) is 15.9 Å². The molecule has 0 radical (unpaired) electrons. The second-order valence-corrected chi connectivity index (χ2v) is 6.02. The van der Waals surface area contributed by atoms with E-state index in [1.54, 1.807) is 24.7 Å². The van der Waals surface area contributed by atoms with Crippen molar-refractivity contribution in [2.75, 3.05) is 0 Å². The first kappa shape index (κ1) is 16.0. The summed E-state index contributed by atoms with van der Waals surface area (Å²) >= 11 is 0. The first-order chi connectivity index (χ1) is 12.7. The molecule has 3 heterocycles. The Kier molecular flexibility index (Phi) is 4.19. The van der Waals surface area contributed by atoms with Crippen molar-refractivity contribution < 1.29 is 9.21 Å². The number of carbonyl (C=O) groups is 1. The largest absolute Gasteiger partial charge is 0.467 e. The molecule has 0 bridgehead atoms. The monoisotopic (exact) mass is 343 g/mol. The molecule has 0 saturated carbocycles. The number of nitrogens with one attached hydrogen (secondary N) is 1. The van der Waals surface area contributed by atoms with Gasteiger partial charge in [0.25, 0.3) is 5.91 Å². The van der Waals surface area contributed by atoms with Crippen LogP contribution in [0.15, 0.2) is 77.7 Å². The number of furan rings is 1. The van der Waals surface area contributed by atoms with Gasteiger partial charge in [-0.15, -0.1) is 0 Å². The summed E-state index contributed by atoms with van der Waals surface area (Å²) in [6, 6.07) is 16.6. The van der Waals surface area contributed by atoms with Gasteiger partial charge in [-0.3, -0.25) is 9.78 Å². The van der Waals surface area contributed by atoms with Gasteiger partial charge in [0.15, 0.2) is 0 Å². The van der Waals surface area contributed by atoms with E-state index in [1.807, 2.05) is 55.5 Å². The predicted octanol–water partition coefficient (Wildman–Crippen LogP) is 4.38. The Bertz CT molecular complexity index is 1040. The minimum absolute atomic E-state index is 0.164. The summed E-state index contributed by atoms with van der Waals surface area (Å²) in [6.07, 6.45) is 5.03. The first-order valence-corrected chi connectivity index (χ1v) is 8.37. The molecule has 5 heteroatoms. The number of benzene rings is 1. The standard InChI is InChI=1S/C21H17N3O2/c1-14(20-7-4-12-26-20)23-21(25)17-13-19(15-8-10-22-11-9-15)24-18-6-3-2-5-16(17)18/h2-14H,1H3,(H,23,25). The van der Waals surface area contributed by atoms with Crippen molar-refractivity contribution in [1.82, 2.24) is 15.3 Å². The molecule has 128 valence electrons. The number of aromatic nitrogens is 2. The lowest BCUT2D eigenvalue weighted by Crippen LogP contribution is -2.26. The van der Waals surface area contributed by atoms with Gasteiger partial charge < -0.3 is 9.73 Å². The van der Waals surface area contributed by atoms with Gasteiger partial charge in [-0.05, 0) is 43.3 Å². The molecule has 4 aromatic rings. The fraction of sp³-hybridized carbons (Fsp3) is 0.0952. The van der Waals surface area contributed by atoms with E-state index in [4.69, 9.17) is 9.40 Å². The second-order valence-electron chi connectivity index (χ2n) is 6.02. The predicted molar refractivity (Wildman–Crippen MR) is 99.6 cm³/mol. The van der Waals surface area contributed by atoms with Crippen LogP contribution >= 0.6 is 0 Å². The third-order valence-electron chi connectivity index (χ3n) is 4.25. The summed E-state index contributed by atoms with van der Waals surface area (Å²) < 4.78 is 5.38. The molecule has 0 spiro atoms. The van der Waals surface area contributed by atoms with Gasteiger partial charge >= 0.3 is 0 Å². The Balaban J connectivity index is 1.76. The Morgan fingerprint density at radius 1 is 1.08 bits per heavy atom. The normalized spacial score (nSPS) is 12.0. The molecule has 26 heavy (non-hydrogen) atoms. The molecule has 1 aromatic carbocycles. The average Bonchev–Trinajstić information content (AvgIpc) is 3.23. The molecule has 0 fully saturated rings. The number of pyridine rings is 2. The van der Waals surface area contributed by atoms with Crippen LogP contribution in [0.3, 0.4) is 0 Å². The van der Waals surface area contributed by atoms with E-state index in [-0.39, 0.29) is 11.9 Å². The Labute approximate surface area is 150 Å². The van der Waals surface area contributed by atoms with Crippen LogP contribution in [-0.2, 0) is 0 Å². The van der Waals surface area contributed by atoms with Crippen LogP contribution in [0, 0.1) is 0 Å². The van der Waals surface area contributed by atoms with E-state index in [2.05, 4.69) is 10.3 Å². The zero-order valence-corrected chi connectivity index (χ0v) is 14.2. The highest BCUT2D eigenvalue weighted by Gasteiger charge is 2.17. The smallest absolute Gasteiger partial charge is 0.252 e. The maximum absolute atomic E-state index is 13.0. The van der Waals surface area contributed by atoms with Gasteiger partial charge in [-0.2, -0.15) is 0 Å². The molecule has 3 aromatic heterocycles. The van der Waals surface area contributed by atoms with Crippen molar-refractivity contribution in [3.05, 3.63) is 84.6 Å². The van der Waals surface area contributed by atoms with Gasteiger partial charge in [-0.25, -0.2) is 4.98 Å². The number of carbonyl (C=O) groups excluding carboxylic acids is 1. The molecule has 1 N–H and O–H groups in total. The fourth-order valence-electron chi connectivity index (χ4n) is 2.92. The summed E-state index contributed by atoms with van der Waals surface area (Å²) in [5.41, 5.74) is 3.01. The SMILES string of the molecule is CC(NC(=O)c1cc(-c2ccncc2)nc2ccccc12)c1ccco1. The maximum Gasteiger partial charge on any atom is 0.252 e. The average molecular weight is 343 g/mol.